The number of morpholine rings is 1. The Morgan fingerprint density at radius 3 is 3.00 bits per heavy atom. The van der Waals surface area contributed by atoms with Crippen LogP contribution in [0.3, 0.4) is 0 Å². The van der Waals surface area contributed by atoms with E-state index in [1.807, 2.05) is 6.92 Å². The number of rotatable bonds is 6. The number of carbonyl (C=O) groups excluding carboxylic acids is 1. The monoisotopic (exact) mass is 325 g/mol. The molecule has 0 aromatic carbocycles. The quantitative estimate of drug-likeness (QED) is 0.749. The highest BCUT2D eigenvalue weighted by Gasteiger charge is 2.29. The fourth-order valence-electron chi connectivity index (χ4n) is 2.18. The summed E-state index contributed by atoms with van der Waals surface area (Å²) in [6, 6.07) is 3.11. The molecule has 8 nitrogen and oxygen atoms in total. The van der Waals surface area contributed by atoms with Gasteiger partial charge in [-0.25, -0.2) is 9.78 Å². The minimum Gasteiger partial charge on any atom is -0.475 e. The van der Waals surface area contributed by atoms with Gasteiger partial charge < -0.3 is 29.5 Å². The summed E-state index contributed by atoms with van der Waals surface area (Å²) in [7, 11) is 1.60. The maximum absolute atomic E-state index is 12.3. The summed E-state index contributed by atoms with van der Waals surface area (Å²) < 4.78 is 15.7. The Hall–Kier alpha value is -1.90. The number of aromatic nitrogens is 1. The van der Waals surface area contributed by atoms with Crippen molar-refractivity contribution < 1.29 is 24.1 Å². The van der Waals surface area contributed by atoms with Crippen molar-refractivity contribution in [1.29, 1.82) is 0 Å². The number of nitrogens with zero attached hydrogens (tertiary/aromatic N) is 2. The zero-order chi connectivity index (χ0) is 16.7. The predicted molar refractivity (Wildman–Crippen MR) is 83.6 cm³/mol. The van der Waals surface area contributed by atoms with E-state index in [2.05, 4.69) is 10.3 Å². The molecule has 0 unspecified atom stereocenters. The lowest BCUT2D eigenvalue weighted by molar-refractivity contribution is -0.0611. The summed E-state index contributed by atoms with van der Waals surface area (Å²) in [6.45, 7) is 3.46. The first-order valence-corrected chi connectivity index (χ1v) is 7.52. The van der Waals surface area contributed by atoms with Crippen LogP contribution in [0.4, 0.5) is 10.5 Å². The number of amides is 2. The van der Waals surface area contributed by atoms with Crippen molar-refractivity contribution in [3.63, 3.8) is 0 Å². The second-order valence-electron chi connectivity index (χ2n) is 5.30. The van der Waals surface area contributed by atoms with Crippen LogP contribution < -0.4 is 10.1 Å². The smallest absolute Gasteiger partial charge is 0.322 e. The van der Waals surface area contributed by atoms with Gasteiger partial charge in [-0.05, 0) is 13.0 Å². The van der Waals surface area contributed by atoms with Gasteiger partial charge in [0.15, 0.2) is 0 Å². The maximum atomic E-state index is 12.3. The Morgan fingerprint density at radius 1 is 1.52 bits per heavy atom. The molecule has 0 spiro atoms. The Bertz CT molecular complexity index is 496. The molecule has 0 bridgehead atoms. The number of hydrogen-bond donors (Lipinski definition) is 2. The molecule has 2 N–H and O–H groups in total. The average Bonchev–Trinajstić information content (AvgIpc) is 2.57. The molecule has 2 atom stereocenters. The molecule has 2 heterocycles. The van der Waals surface area contributed by atoms with Crippen molar-refractivity contribution in [2.24, 2.45) is 0 Å². The zero-order valence-corrected chi connectivity index (χ0v) is 13.4. The van der Waals surface area contributed by atoms with Crippen LogP contribution in [-0.4, -0.2) is 73.2 Å². The van der Waals surface area contributed by atoms with Crippen LogP contribution in [0.5, 0.6) is 5.88 Å². The molecule has 23 heavy (non-hydrogen) atoms. The lowest BCUT2D eigenvalue weighted by Gasteiger charge is -2.37. The SMILES string of the molecule is COCCOc1ccc(NC(=O)N2C[C@@H](CO)OC[C@H]2C)cn1. The topological polar surface area (TPSA) is 93.2 Å². The molecule has 0 aliphatic carbocycles. The third-order valence-corrected chi connectivity index (χ3v) is 3.50. The molecule has 1 aromatic rings. The van der Waals surface area contributed by atoms with Crippen molar-refractivity contribution in [3.05, 3.63) is 18.3 Å². The van der Waals surface area contributed by atoms with Gasteiger partial charge in [0.25, 0.3) is 0 Å². The van der Waals surface area contributed by atoms with Crippen LogP contribution in [0.2, 0.25) is 0 Å². The van der Waals surface area contributed by atoms with Crippen LogP contribution in [-0.2, 0) is 9.47 Å². The van der Waals surface area contributed by atoms with E-state index in [-0.39, 0.29) is 24.8 Å². The normalized spacial score (nSPS) is 21.1. The zero-order valence-electron chi connectivity index (χ0n) is 13.4. The highest BCUT2D eigenvalue weighted by atomic mass is 16.5. The van der Waals surface area contributed by atoms with E-state index in [1.54, 1.807) is 24.1 Å². The molecule has 1 aliphatic rings. The first kappa shape index (κ1) is 17.5. The number of pyridine rings is 1. The first-order valence-electron chi connectivity index (χ1n) is 7.52. The maximum Gasteiger partial charge on any atom is 0.322 e. The Morgan fingerprint density at radius 2 is 2.35 bits per heavy atom. The van der Waals surface area contributed by atoms with Crippen LogP contribution in [0.15, 0.2) is 18.3 Å². The Balaban J connectivity index is 1.89. The third-order valence-electron chi connectivity index (χ3n) is 3.50. The van der Waals surface area contributed by atoms with Crippen molar-refractivity contribution >= 4 is 11.7 Å². The summed E-state index contributed by atoms with van der Waals surface area (Å²) in [4.78, 5) is 18.1. The second-order valence-corrected chi connectivity index (χ2v) is 5.30. The van der Waals surface area contributed by atoms with E-state index in [4.69, 9.17) is 19.3 Å². The fourth-order valence-corrected chi connectivity index (χ4v) is 2.18. The van der Waals surface area contributed by atoms with Crippen molar-refractivity contribution in [2.45, 2.75) is 19.1 Å². The second kappa shape index (κ2) is 8.66. The predicted octanol–water partition coefficient (Wildman–Crippen LogP) is 0.720. The number of urea groups is 1. The van der Waals surface area contributed by atoms with E-state index >= 15 is 0 Å². The van der Waals surface area contributed by atoms with Gasteiger partial charge in [0.05, 0.1) is 50.4 Å². The van der Waals surface area contributed by atoms with Gasteiger partial charge in [0, 0.05) is 13.2 Å². The number of ether oxygens (including phenoxy) is 3. The van der Waals surface area contributed by atoms with Gasteiger partial charge >= 0.3 is 6.03 Å². The summed E-state index contributed by atoms with van der Waals surface area (Å²) in [5.41, 5.74) is 0.577. The molecular formula is C15H23N3O5. The molecule has 2 rings (SSSR count). The molecule has 128 valence electrons. The van der Waals surface area contributed by atoms with Gasteiger partial charge in [0.2, 0.25) is 5.88 Å². The molecule has 0 saturated carbocycles. The third kappa shape index (κ3) is 5.05. The molecule has 2 amide bonds. The number of aliphatic hydroxyl groups excluding tert-OH is 1. The molecule has 8 heteroatoms. The minimum atomic E-state index is -0.341. The molecule has 1 aliphatic heterocycles. The van der Waals surface area contributed by atoms with Gasteiger partial charge in [0.1, 0.15) is 6.61 Å². The fraction of sp³-hybridized carbons (Fsp3) is 0.600. The van der Waals surface area contributed by atoms with Crippen molar-refractivity contribution in [2.75, 3.05) is 45.4 Å². The number of anilines is 1. The van der Waals surface area contributed by atoms with E-state index in [1.165, 1.54) is 6.20 Å². The van der Waals surface area contributed by atoms with Crippen LogP contribution in [0.25, 0.3) is 0 Å². The average molecular weight is 325 g/mol. The summed E-state index contributed by atoms with van der Waals surface area (Å²) in [6.07, 6.45) is 1.20. The van der Waals surface area contributed by atoms with Crippen LogP contribution >= 0.6 is 0 Å². The van der Waals surface area contributed by atoms with E-state index in [0.717, 1.165) is 0 Å². The van der Waals surface area contributed by atoms with Gasteiger partial charge in [-0.2, -0.15) is 0 Å². The molecule has 1 saturated heterocycles. The number of hydrogen-bond acceptors (Lipinski definition) is 6. The van der Waals surface area contributed by atoms with E-state index < -0.39 is 0 Å². The summed E-state index contributed by atoms with van der Waals surface area (Å²) >= 11 is 0. The van der Waals surface area contributed by atoms with E-state index in [9.17, 15) is 4.79 Å². The lowest BCUT2D eigenvalue weighted by Crippen LogP contribution is -2.53. The van der Waals surface area contributed by atoms with Crippen LogP contribution in [0, 0.1) is 0 Å². The number of methoxy groups -OCH3 is 1. The molecule has 1 fully saturated rings. The Labute approximate surface area is 135 Å². The lowest BCUT2D eigenvalue weighted by atomic mass is 10.2. The largest absolute Gasteiger partial charge is 0.475 e. The molecule has 0 radical (unpaired) electrons. The van der Waals surface area contributed by atoms with Gasteiger partial charge in [-0.1, -0.05) is 0 Å². The number of nitrogens with one attached hydrogen (secondary N) is 1. The van der Waals surface area contributed by atoms with Gasteiger partial charge in [-0.3, -0.25) is 0 Å². The first-order chi connectivity index (χ1) is 11.1. The Kier molecular flexibility index (Phi) is 6.57. The molecule has 1 aromatic heterocycles. The minimum absolute atomic E-state index is 0.0533. The highest BCUT2D eigenvalue weighted by Crippen LogP contribution is 2.16. The number of carbonyl (C=O) groups is 1. The van der Waals surface area contributed by atoms with Gasteiger partial charge in [-0.15, -0.1) is 0 Å². The van der Waals surface area contributed by atoms with Crippen molar-refractivity contribution in [3.8, 4) is 5.88 Å². The van der Waals surface area contributed by atoms with Crippen LogP contribution in [0.1, 0.15) is 6.92 Å². The highest BCUT2D eigenvalue weighted by molar-refractivity contribution is 5.89. The number of aliphatic hydroxyl groups is 1. The van der Waals surface area contributed by atoms with Crippen molar-refractivity contribution in [1.82, 2.24) is 9.88 Å². The van der Waals surface area contributed by atoms with E-state index in [0.29, 0.717) is 37.9 Å². The summed E-state index contributed by atoms with van der Waals surface area (Å²) in [5.74, 6) is 0.472. The standard InChI is InChI=1S/C15H23N3O5/c1-11-10-23-13(9-19)8-18(11)15(20)17-12-3-4-14(16-7-12)22-6-5-21-2/h3-4,7,11,13,19H,5-6,8-10H2,1-2H3,(H,17,20)/t11-,13+/m1/s1. The molecular weight excluding hydrogens is 302 g/mol. The summed E-state index contributed by atoms with van der Waals surface area (Å²) in [5, 5.41) is 12.0.